The van der Waals surface area contributed by atoms with Gasteiger partial charge in [-0.15, -0.1) is 5.10 Å². The first kappa shape index (κ1) is 21.2. The van der Waals surface area contributed by atoms with E-state index in [2.05, 4.69) is 15.6 Å². The van der Waals surface area contributed by atoms with Gasteiger partial charge in [0.25, 0.3) is 5.91 Å². The van der Waals surface area contributed by atoms with E-state index in [1.165, 1.54) is 10.4 Å². The SMILES string of the molecule is Cc1ccc(S(=O)(=O)N2CCCCC2)cc1NC(=O)c1cn(Cc2ccccc2)nn1. The second kappa shape index (κ2) is 8.99. The molecule has 31 heavy (non-hydrogen) atoms. The summed E-state index contributed by atoms with van der Waals surface area (Å²) in [5, 5.41) is 10.8. The number of anilines is 1. The topological polar surface area (TPSA) is 97.2 Å². The molecule has 1 aliphatic heterocycles. The second-order valence-corrected chi connectivity index (χ2v) is 9.62. The highest BCUT2D eigenvalue weighted by atomic mass is 32.2. The Morgan fingerprint density at radius 1 is 1.06 bits per heavy atom. The molecule has 9 heteroatoms. The van der Waals surface area contributed by atoms with Gasteiger partial charge in [0.1, 0.15) is 0 Å². The van der Waals surface area contributed by atoms with Gasteiger partial charge >= 0.3 is 0 Å². The quantitative estimate of drug-likeness (QED) is 0.637. The first-order valence-electron chi connectivity index (χ1n) is 10.3. The predicted octanol–water partition coefficient (Wildman–Crippen LogP) is 3.06. The highest BCUT2D eigenvalue weighted by molar-refractivity contribution is 7.89. The monoisotopic (exact) mass is 439 g/mol. The number of aromatic nitrogens is 3. The number of hydrogen-bond acceptors (Lipinski definition) is 5. The van der Waals surface area contributed by atoms with E-state index in [9.17, 15) is 13.2 Å². The Kier molecular flexibility index (Phi) is 6.15. The number of amides is 1. The average molecular weight is 440 g/mol. The van der Waals surface area contributed by atoms with Crippen molar-refractivity contribution in [2.75, 3.05) is 18.4 Å². The van der Waals surface area contributed by atoms with Crippen molar-refractivity contribution in [3.05, 3.63) is 71.5 Å². The van der Waals surface area contributed by atoms with Gasteiger partial charge in [0.2, 0.25) is 10.0 Å². The van der Waals surface area contributed by atoms with Crippen LogP contribution in [-0.4, -0.2) is 46.7 Å². The Labute approximate surface area is 181 Å². The van der Waals surface area contributed by atoms with Crippen LogP contribution in [0.3, 0.4) is 0 Å². The van der Waals surface area contributed by atoms with E-state index in [1.54, 1.807) is 23.0 Å². The number of carbonyl (C=O) groups excluding carboxylic acids is 1. The lowest BCUT2D eigenvalue weighted by Gasteiger charge is -2.26. The van der Waals surface area contributed by atoms with E-state index >= 15 is 0 Å². The van der Waals surface area contributed by atoms with Gasteiger partial charge < -0.3 is 5.32 Å². The summed E-state index contributed by atoms with van der Waals surface area (Å²) in [6, 6.07) is 14.6. The Morgan fingerprint density at radius 3 is 2.55 bits per heavy atom. The fourth-order valence-electron chi connectivity index (χ4n) is 3.59. The minimum absolute atomic E-state index is 0.166. The Bertz CT molecular complexity index is 1170. The number of nitrogens with one attached hydrogen (secondary N) is 1. The van der Waals surface area contributed by atoms with Crippen LogP contribution in [0.1, 0.15) is 40.9 Å². The number of aryl methyl sites for hydroxylation is 1. The molecular weight excluding hydrogens is 414 g/mol. The fourth-order valence-corrected chi connectivity index (χ4v) is 5.13. The van der Waals surface area contributed by atoms with E-state index in [4.69, 9.17) is 0 Å². The first-order chi connectivity index (χ1) is 14.9. The van der Waals surface area contributed by atoms with E-state index in [0.717, 1.165) is 30.4 Å². The Balaban J connectivity index is 1.50. The lowest BCUT2D eigenvalue weighted by Crippen LogP contribution is -2.35. The summed E-state index contributed by atoms with van der Waals surface area (Å²) in [6.45, 7) is 3.38. The predicted molar refractivity (Wildman–Crippen MR) is 117 cm³/mol. The number of benzene rings is 2. The van der Waals surface area contributed by atoms with Crippen molar-refractivity contribution in [2.24, 2.45) is 0 Å². The van der Waals surface area contributed by atoms with Gasteiger partial charge in [0.05, 0.1) is 17.6 Å². The smallest absolute Gasteiger partial charge is 0.277 e. The van der Waals surface area contributed by atoms with Crippen molar-refractivity contribution in [3.8, 4) is 0 Å². The van der Waals surface area contributed by atoms with Gasteiger partial charge in [0, 0.05) is 18.8 Å². The van der Waals surface area contributed by atoms with Crippen molar-refractivity contribution in [2.45, 2.75) is 37.6 Å². The summed E-state index contributed by atoms with van der Waals surface area (Å²) in [5.41, 5.74) is 2.42. The Morgan fingerprint density at radius 2 is 1.81 bits per heavy atom. The maximum absolute atomic E-state index is 13.0. The molecule has 0 spiro atoms. The highest BCUT2D eigenvalue weighted by Crippen LogP contribution is 2.25. The van der Waals surface area contributed by atoms with Crippen molar-refractivity contribution in [1.82, 2.24) is 19.3 Å². The maximum atomic E-state index is 13.0. The molecule has 0 unspecified atom stereocenters. The zero-order valence-electron chi connectivity index (χ0n) is 17.4. The van der Waals surface area contributed by atoms with Crippen LogP contribution >= 0.6 is 0 Å². The van der Waals surface area contributed by atoms with Gasteiger partial charge in [-0.2, -0.15) is 4.31 Å². The number of sulfonamides is 1. The third-order valence-corrected chi connectivity index (χ3v) is 7.26. The number of carbonyl (C=O) groups is 1. The number of hydrogen-bond donors (Lipinski definition) is 1. The first-order valence-corrected chi connectivity index (χ1v) is 11.7. The molecule has 0 bridgehead atoms. The lowest BCUT2D eigenvalue weighted by molar-refractivity contribution is 0.102. The minimum atomic E-state index is -3.58. The Hall–Kier alpha value is -3.04. The van der Waals surface area contributed by atoms with Crippen molar-refractivity contribution < 1.29 is 13.2 Å². The molecule has 2 aromatic carbocycles. The van der Waals surface area contributed by atoms with Gasteiger partial charge in [-0.25, -0.2) is 13.1 Å². The highest BCUT2D eigenvalue weighted by Gasteiger charge is 2.26. The molecule has 8 nitrogen and oxygen atoms in total. The van der Waals surface area contributed by atoms with Crippen molar-refractivity contribution in [3.63, 3.8) is 0 Å². The van der Waals surface area contributed by atoms with Crippen LogP contribution in [0.25, 0.3) is 0 Å². The van der Waals surface area contributed by atoms with E-state index in [-0.39, 0.29) is 10.6 Å². The van der Waals surface area contributed by atoms with Crippen LogP contribution in [0.5, 0.6) is 0 Å². The molecule has 1 saturated heterocycles. The summed E-state index contributed by atoms with van der Waals surface area (Å²) in [7, 11) is -3.58. The standard InChI is InChI=1S/C22H25N5O3S/c1-17-10-11-19(31(29,30)27-12-6-3-7-13-27)14-20(17)23-22(28)21-16-26(25-24-21)15-18-8-4-2-5-9-18/h2,4-5,8-11,14,16H,3,6-7,12-13,15H2,1H3,(H,23,28). The molecule has 1 amide bonds. The normalized spacial score (nSPS) is 15.0. The largest absolute Gasteiger partial charge is 0.320 e. The molecular formula is C22H25N5O3S. The zero-order valence-corrected chi connectivity index (χ0v) is 18.2. The van der Waals surface area contributed by atoms with Crippen LogP contribution in [0.2, 0.25) is 0 Å². The molecule has 4 rings (SSSR count). The van der Waals surface area contributed by atoms with Gasteiger partial charge in [-0.05, 0) is 43.0 Å². The van der Waals surface area contributed by atoms with Crippen LogP contribution < -0.4 is 5.32 Å². The molecule has 0 aliphatic carbocycles. The third-order valence-electron chi connectivity index (χ3n) is 5.37. The molecule has 162 valence electrons. The molecule has 1 fully saturated rings. The van der Waals surface area contributed by atoms with Gasteiger partial charge in [-0.3, -0.25) is 4.79 Å². The van der Waals surface area contributed by atoms with Crippen molar-refractivity contribution >= 4 is 21.6 Å². The zero-order chi connectivity index (χ0) is 21.8. The number of rotatable bonds is 6. The third kappa shape index (κ3) is 4.83. The molecule has 2 heterocycles. The molecule has 3 aromatic rings. The van der Waals surface area contributed by atoms with Crippen LogP contribution in [0.4, 0.5) is 5.69 Å². The lowest BCUT2D eigenvalue weighted by atomic mass is 10.2. The van der Waals surface area contributed by atoms with Gasteiger partial charge in [0.15, 0.2) is 5.69 Å². The van der Waals surface area contributed by atoms with E-state index in [1.807, 2.05) is 37.3 Å². The minimum Gasteiger partial charge on any atom is -0.320 e. The molecule has 1 N–H and O–H groups in total. The number of nitrogens with zero attached hydrogens (tertiary/aromatic N) is 4. The van der Waals surface area contributed by atoms with E-state index < -0.39 is 15.9 Å². The second-order valence-electron chi connectivity index (χ2n) is 7.68. The van der Waals surface area contributed by atoms with Crippen LogP contribution in [0, 0.1) is 6.92 Å². The fraction of sp³-hybridized carbons (Fsp3) is 0.318. The molecule has 0 atom stereocenters. The average Bonchev–Trinajstić information content (AvgIpc) is 3.25. The maximum Gasteiger partial charge on any atom is 0.277 e. The van der Waals surface area contributed by atoms with Crippen LogP contribution in [-0.2, 0) is 16.6 Å². The molecule has 1 aliphatic rings. The summed E-state index contributed by atoms with van der Waals surface area (Å²) in [6.07, 6.45) is 4.36. The number of piperidine rings is 1. The van der Waals surface area contributed by atoms with Crippen molar-refractivity contribution in [1.29, 1.82) is 0 Å². The molecule has 0 saturated carbocycles. The summed E-state index contributed by atoms with van der Waals surface area (Å²) >= 11 is 0. The summed E-state index contributed by atoms with van der Waals surface area (Å²) in [4.78, 5) is 12.9. The molecule has 0 radical (unpaired) electrons. The summed E-state index contributed by atoms with van der Waals surface area (Å²) < 4.78 is 29.0. The summed E-state index contributed by atoms with van der Waals surface area (Å²) in [5.74, 6) is -0.435. The van der Waals surface area contributed by atoms with Gasteiger partial charge in [-0.1, -0.05) is 48.0 Å². The van der Waals surface area contributed by atoms with Crippen LogP contribution in [0.15, 0.2) is 59.6 Å². The van der Waals surface area contributed by atoms with E-state index in [0.29, 0.717) is 25.3 Å². The molecule has 1 aromatic heterocycles.